The minimum Gasteiger partial charge on any atom is -0.394 e. The summed E-state index contributed by atoms with van der Waals surface area (Å²) in [7, 11) is 0. The summed E-state index contributed by atoms with van der Waals surface area (Å²) < 4.78 is 21.3. The number of aliphatic hydroxyl groups is 1. The van der Waals surface area contributed by atoms with Gasteiger partial charge in [0.2, 0.25) is 5.91 Å². The van der Waals surface area contributed by atoms with Gasteiger partial charge in [0.25, 0.3) is 5.91 Å². The summed E-state index contributed by atoms with van der Waals surface area (Å²) in [6.45, 7) is 11.4. The number of halogens is 2. The summed E-state index contributed by atoms with van der Waals surface area (Å²) in [5.41, 5.74) is 1.49. The number of amides is 2. The third kappa shape index (κ3) is 7.51. The summed E-state index contributed by atoms with van der Waals surface area (Å²) in [4.78, 5) is 26.8. The van der Waals surface area contributed by atoms with Crippen LogP contribution in [0.3, 0.4) is 0 Å². The van der Waals surface area contributed by atoms with Gasteiger partial charge in [0.05, 0.1) is 38.1 Å². The predicted octanol–water partition coefficient (Wildman–Crippen LogP) is 4.14. The van der Waals surface area contributed by atoms with Crippen LogP contribution in [0, 0.1) is 11.7 Å². The molecule has 0 saturated carbocycles. The van der Waals surface area contributed by atoms with Gasteiger partial charge in [-0.2, -0.15) is 5.10 Å². The van der Waals surface area contributed by atoms with Crippen molar-refractivity contribution in [3.63, 3.8) is 0 Å². The Morgan fingerprint density at radius 3 is 2.67 bits per heavy atom. The number of likely N-dealkylation sites (tertiary alicyclic amines) is 1. The third-order valence-corrected chi connectivity index (χ3v) is 5.71. The van der Waals surface area contributed by atoms with E-state index in [0.717, 1.165) is 18.8 Å². The van der Waals surface area contributed by atoms with E-state index in [1.807, 2.05) is 13.8 Å². The molecule has 2 aliphatic heterocycles. The van der Waals surface area contributed by atoms with Crippen LogP contribution in [0.1, 0.15) is 69.2 Å². The molecule has 36 heavy (non-hydrogen) atoms. The number of carbonyl (C=O) groups excluding carboxylic acids is 2. The molecule has 8 nitrogen and oxygen atoms in total. The van der Waals surface area contributed by atoms with Crippen molar-refractivity contribution in [2.45, 2.75) is 66.5 Å². The van der Waals surface area contributed by atoms with Crippen LogP contribution < -0.4 is 5.32 Å². The topological polar surface area (TPSA) is 96.7 Å². The van der Waals surface area contributed by atoms with Gasteiger partial charge in [-0.3, -0.25) is 9.59 Å². The van der Waals surface area contributed by atoms with E-state index in [2.05, 4.69) is 31.2 Å². The Bertz CT molecular complexity index is 1020. The van der Waals surface area contributed by atoms with Crippen molar-refractivity contribution in [1.82, 2.24) is 20.0 Å². The summed E-state index contributed by atoms with van der Waals surface area (Å²) in [5.74, 6) is -0.473. The molecule has 200 valence electrons. The van der Waals surface area contributed by atoms with Crippen molar-refractivity contribution in [3.05, 3.63) is 46.0 Å². The third-order valence-electron chi connectivity index (χ3n) is 5.48. The van der Waals surface area contributed by atoms with Crippen LogP contribution in [-0.4, -0.2) is 63.9 Å². The maximum Gasteiger partial charge on any atom is 0.272 e. The zero-order valence-electron chi connectivity index (χ0n) is 21.8. The lowest BCUT2D eigenvalue weighted by atomic mass is 10.1. The highest BCUT2D eigenvalue weighted by Gasteiger charge is 2.30. The molecular formula is C26H38ClFN4O4. The first-order chi connectivity index (χ1) is 17.2. The standard InChI is InChI=1S/C20H22ClFN4O4.C4H10.C2H6/c21-12-3-4-15(22)17(8-12)26-16-5-7-30-11-14(16)19(24-26)20(29)23-9-18(28)25-6-1-2-13(25)10-27;1-4(2)3;1-2/h3-4,8,13,27H,1-2,5-7,9-11H2,(H,23,29);4H,1-3H3;1-2H3. The maximum atomic E-state index is 14.4. The molecule has 1 atom stereocenters. The molecule has 1 saturated heterocycles. The number of rotatable bonds is 5. The molecule has 2 aromatic rings. The van der Waals surface area contributed by atoms with E-state index in [0.29, 0.717) is 35.9 Å². The lowest BCUT2D eigenvalue weighted by molar-refractivity contribution is -0.131. The van der Waals surface area contributed by atoms with E-state index in [1.54, 1.807) is 4.90 Å². The first-order valence-corrected chi connectivity index (χ1v) is 12.9. The van der Waals surface area contributed by atoms with Gasteiger partial charge in [-0.05, 0) is 37.0 Å². The highest BCUT2D eigenvalue weighted by atomic mass is 35.5. The molecule has 0 spiro atoms. The number of hydrogen-bond donors (Lipinski definition) is 2. The Morgan fingerprint density at radius 1 is 1.31 bits per heavy atom. The monoisotopic (exact) mass is 524 g/mol. The Hall–Kier alpha value is -2.49. The molecule has 3 heterocycles. The molecule has 1 fully saturated rings. The lowest BCUT2D eigenvalue weighted by Crippen LogP contribution is -2.44. The largest absolute Gasteiger partial charge is 0.394 e. The van der Waals surface area contributed by atoms with Crippen molar-refractivity contribution in [2.24, 2.45) is 5.92 Å². The second kappa shape index (κ2) is 14.3. The Labute approximate surface area is 217 Å². The number of hydrogen-bond acceptors (Lipinski definition) is 5. The van der Waals surface area contributed by atoms with Crippen LogP contribution >= 0.6 is 11.6 Å². The predicted molar refractivity (Wildman–Crippen MR) is 138 cm³/mol. The fraction of sp³-hybridized carbons (Fsp3) is 0.577. The number of nitrogens with zero attached hydrogens (tertiary/aromatic N) is 3. The van der Waals surface area contributed by atoms with Gasteiger partial charge in [0.15, 0.2) is 5.69 Å². The minimum atomic E-state index is -0.536. The molecule has 2 N–H and O–H groups in total. The molecular weight excluding hydrogens is 487 g/mol. The number of ether oxygens (including phenoxy) is 1. The van der Waals surface area contributed by atoms with Crippen LogP contribution in [0.2, 0.25) is 5.02 Å². The number of benzene rings is 1. The van der Waals surface area contributed by atoms with E-state index in [9.17, 15) is 19.1 Å². The van der Waals surface area contributed by atoms with Crippen LogP contribution in [0.15, 0.2) is 18.2 Å². The quantitative estimate of drug-likeness (QED) is 0.613. The van der Waals surface area contributed by atoms with Gasteiger partial charge in [-0.15, -0.1) is 0 Å². The maximum absolute atomic E-state index is 14.4. The summed E-state index contributed by atoms with van der Waals surface area (Å²) >= 11 is 6.02. The van der Waals surface area contributed by atoms with Crippen molar-refractivity contribution in [2.75, 3.05) is 26.3 Å². The first kappa shape index (κ1) is 29.7. The van der Waals surface area contributed by atoms with Crippen molar-refractivity contribution in [3.8, 4) is 5.69 Å². The Kier molecular flexibility index (Phi) is 11.8. The molecule has 2 amide bonds. The number of aromatic nitrogens is 2. The van der Waals surface area contributed by atoms with E-state index in [-0.39, 0.29) is 43.1 Å². The fourth-order valence-electron chi connectivity index (χ4n) is 3.96. The van der Waals surface area contributed by atoms with Crippen molar-refractivity contribution < 1.29 is 23.8 Å². The van der Waals surface area contributed by atoms with Crippen molar-refractivity contribution >= 4 is 23.4 Å². The van der Waals surface area contributed by atoms with E-state index < -0.39 is 11.7 Å². The molecule has 1 aromatic carbocycles. The molecule has 0 aliphatic carbocycles. The second-order valence-corrected chi connectivity index (χ2v) is 9.50. The van der Waals surface area contributed by atoms with Gasteiger partial charge >= 0.3 is 0 Å². The number of fused-ring (bicyclic) bond motifs is 1. The molecule has 4 rings (SSSR count). The highest BCUT2D eigenvalue weighted by molar-refractivity contribution is 6.30. The number of aliphatic hydroxyl groups excluding tert-OH is 1. The van der Waals surface area contributed by atoms with Crippen LogP contribution in [0.5, 0.6) is 0 Å². The zero-order valence-corrected chi connectivity index (χ0v) is 22.6. The van der Waals surface area contributed by atoms with E-state index >= 15 is 0 Å². The van der Waals surface area contributed by atoms with Gasteiger partial charge in [0, 0.05) is 23.6 Å². The van der Waals surface area contributed by atoms with Gasteiger partial charge in [0.1, 0.15) is 11.5 Å². The molecule has 2 aliphatic rings. The summed E-state index contributed by atoms with van der Waals surface area (Å²) in [6, 6.07) is 3.93. The molecule has 0 bridgehead atoms. The summed E-state index contributed by atoms with van der Waals surface area (Å²) in [6.07, 6.45) is 2.04. The zero-order chi connectivity index (χ0) is 26.8. The summed E-state index contributed by atoms with van der Waals surface area (Å²) in [5, 5.41) is 16.7. The van der Waals surface area contributed by atoms with Gasteiger partial charge < -0.3 is 20.1 Å². The average Bonchev–Trinajstić information content (AvgIpc) is 3.50. The molecule has 1 aromatic heterocycles. The van der Waals surface area contributed by atoms with Gasteiger partial charge in [-0.25, -0.2) is 9.07 Å². The number of nitrogens with one attached hydrogen (secondary N) is 1. The molecule has 1 unspecified atom stereocenters. The van der Waals surface area contributed by atoms with E-state index in [1.165, 1.54) is 22.9 Å². The lowest BCUT2D eigenvalue weighted by Gasteiger charge is -2.23. The van der Waals surface area contributed by atoms with Crippen LogP contribution in [0.25, 0.3) is 5.69 Å². The highest BCUT2D eigenvalue weighted by Crippen LogP contribution is 2.27. The SMILES string of the molecule is CC.CC(C)C.O=C(NCC(=O)N1CCCC1CO)c1nn(-c2cc(Cl)ccc2F)c2c1COCC2. The smallest absolute Gasteiger partial charge is 0.272 e. The van der Waals surface area contributed by atoms with Crippen molar-refractivity contribution in [1.29, 1.82) is 0 Å². The van der Waals surface area contributed by atoms with Crippen LogP contribution in [0.4, 0.5) is 4.39 Å². The molecule has 10 heteroatoms. The van der Waals surface area contributed by atoms with Gasteiger partial charge in [-0.1, -0.05) is 46.2 Å². The Morgan fingerprint density at radius 2 is 2.00 bits per heavy atom. The minimum absolute atomic E-state index is 0.0944. The van der Waals surface area contributed by atoms with E-state index in [4.69, 9.17) is 16.3 Å². The average molecular weight is 525 g/mol. The second-order valence-electron chi connectivity index (χ2n) is 9.06. The molecule has 0 radical (unpaired) electrons. The Balaban J connectivity index is 0.000000694. The fourth-order valence-corrected chi connectivity index (χ4v) is 4.13. The first-order valence-electron chi connectivity index (χ1n) is 12.5. The van der Waals surface area contributed by atoms with Crippen LogP contribution in [-0.2, 0) is 22.6 Å². The normalized spacial score (nSPS) is 16.5. The number of carbonyl (C=O) groups is 2.